The van der Waals surface area contributed by atoms with Gasteiger partial charge in [0.15, 0.2) is 0 Å². The average Bonchev–Trinajstić information content (AvgIpc) is 2.53. The topological polar surface area (TPSA) is 70.1 Å². The first-order valence-corrected chi connectivity index (χ1v) is 10.3. The highest BCUT2D eigenvalue weighted by Crippen LogP contribution is 2.34. The van der Waals surface area contributed by atoms with Gasteiger partial charge >= 0.3 is 6.09 Å². The molecule has 2 atom stereocenters. The lowest BCUT2D eigenvalue weighted by Gasteiger charge is -2.43. The molecular formula is C21H38N2O4. The monoisotopic (exact) mass is 382 g/mol. The summed E-state index contributed by atoms with van der Waals surface area (Å²) in [7, 11) is 0. The Labute approximate surface area is 164 Å². The maximum absolute atomic E-state index is 12.8. The molecule has 6 nitrogen and oxygen atoms in total. The Morgan fingerprint density at radius 3 is 2.04 bits per heavy atom. The van der Waals surface area contributed by atoms with Crippen LogP contribution in [-0.2, 0) is 9.53 Å². The summed E-state index contributed by atoms with van der Waals surface area (Å²) in [6, 6.07) is 0. The predicted molar refractivity (Wildman–Crippen MR) is 105 cm³/mol. The van der Waals surface area contributed by atoms with E-state index >= 15 is 0 Å². The summed E-state index contributed by atoms with van der Waals surface area (Å²) >= 11 is 0. The highest BCUT2D eigenvalue weighted by Gasteiger charge is 2.38. The molecule has 2 unspecified atom stereocenters. The number of carbonyl (C=O) groups excluding carboxylic acids is 2. The largest absolute Gasteiger partial charge is 0.444 e. The first-order chi connectivity index (χ1) is 12.4. The number of carbonyl (C=O) groups is 2. The van der Waals surface area contributed by atoms with Crippen molar-refractivity contribution < 1.29 is 19.4 Å². The molecule has 0 aromatic rings. The van der Waals surface area contributed by atoms with Crippen molar-refractivity contribution in [3.05, 3.63) is 0 Å². The molecule has 0 saturated carbocycles. The van der Waals surface area contributed by atoms with E-state index in [1.807, 2.05) is 25.7 Å². The summed E-state index contributed by atoms with van der Waals surface area (Å²) in [6.45, 7) is 14.6. The number of aliphatic hydroxyl groups excluding tert-OH is 1. The molecule has 0 spiro atoms. The fourth-order valence-corrected chi connectivity index (χ4v) is 4.04. The van der Waals surface area contributed by atoms with Gasteiger partial charge < -0.3 is 19.6 Å². The molecule has 0 bridgehead atoms. The minimum atomic E-state index is -0.480. The summed E-state index contributed by atoms with van der Waals surface area (Å²) in [4.78, 5) is 28.6. The van der Waals surface area contributed by atoms with Crippen LogP contribution in [0.4, 0.5) is 4.79 Å². The molecule has 6 heteroatoms. The van der Waals surface area contributed by atoms with Crippen LogP contribution in [-0.4, -0.2) is 64.8 Å². The second-order valence-corrected chi connectivity index (χ2v) is 10.3. The molecule has 2 aliphatic heterocycles. The predicted octanol–water partition coefficient (Wildman–Crippen LogP) is 3.28. The SMILES string of the molecule is CC(C)(C)OC(=O)N1CCC(CC(=O)N2CCC(O)C(C(C)(C)C)C2)CC1. The number of likely N-dealkylation sites (tertiary alicyclic amines) is 2. The van der Waals surface area contributed by atoms with Gasteiger partial charge in [-0.05, 0) is 51.4 Å². The van der Waals surface area contributed by atoms with Crippen LogP contribution in [0.3, 0.4) is 0 Å². The number of nitrogens with zero attached hydrogens (tertiary/aromatic N) is 2. The third kappa shape index (κ3) is 6.37. The molecule has 0 radical (unpaired) electrons. The molecule has 0 aromatic carbocycles. The van der Waals surface area contributed by atoms with Crippen molar-refractivity contribution in [3.8, 4) is 0 Å². The summed E-state index contributed by atoms with van der Waals surface area (Å²) in [5, 5.41) is 10.3. The third-order valence-corrected chi connectivity index (χ3v) is 5.77. The van der Waals surface area contributed by atoms with E-state index in [2.05, 4.69) is 20.8 Å². The zero-order chi connectivity index (χ0) is 20.4. The van der Waals surface area contributed by atoms with Gasteiger partial charge in [-0.2, -0.15) is 0 Å². The van der Waals surface area contributed by atoms with E-state index in [0.29, 0.717) is 44.9 Å². The molecule has 2 saturated heterocycles. The fourth-order valence-electron chi connectivity index (χ4n) is 4.04. The first-order valence-electron chi connectivity index (χ1n) is 10.3. The zero-order valence-corrected chi connectivity index (χ0v) is 18.0. The highest BCUT2D eigenvalue weighted by atomic mass is 16.6. The molecule has 27 heavy (non-hydrogen) atoms. The van der Waals surface area contributed by atoms with Gasteiger partial charge in [0.2, 0.25) is 5.91 Å². The Balaban J connectivity index is 1.81. The smallest absolute Gasteiger partial charge is 0.410 e. The van der Waals surface area contributed by atoms with Crippen molar-refractivity contribution in [1.29, 1.82) is 0 Å². The lowest BCUT2D eigenvalue weighted by atomic mass is 9.74. The van der Waals surface area contributed by atoms with Gasteiger partial charge in [0.1, 0.15) is 5.60 Å². The molecule has 2 rings (SSSR count). The second kappa shape index (κ2) is 8.38. The van der Waals surface area contributed by atoms with Gasteiger partial charge in [-0.25, -0.2) is 4.79 Å². The summed E-state index contributed by atoms with van der Waals surface area (Å²) in [6.07, 6.45) is 2.28. The number of aliphatic hydroxyl groups is 1. The summed E-state index contributed by atoms with van der Waals surface area (Å²) in [5.74, 6) is 0.618. The van der Waals surface area contributed by atoms with Crippen LogP contribution in [0.2, 0.25) is 0 Å². The number of rotatable bonds is 2. The van der Waals surface area contributed by atoms with Gasteiger partial charge in [0.05, 0.1) is 6.10 Å². The highest BCUT2D eigenvalue weighted by molar-refractivity contribution is 5.76. The molecule has 2 aliphatic rings. The second-order valence-electron chi connectivity index (χ2n) is 10.3. The Bertz CT molecular complexity index is 527. The van der Waals surface area contributed by atoms with Crippen LogP contribution >= 0.6 is 0 Å². The van der Waals surface area contributed by atoms with Crippen LogP contribution in [0.25, 0.3) is 0 Å². The van der Waals surface area contributed by atoms with Gasteiger partial charge in [-0.1, -0.05) is 20.8 Å². The maximum Gasteiger partial charge on any atom is 0.410 e. The van der Waals surface area contributed by atoms with Gasteiger partial charge in [-0.3, -0.25) is 4.79 Å². The van der Waals surface area contributed by atoms with Crippen molar-refractivity contribution in [1.82, 2.24) is 9.80 Å². The number of ether oxygens (including phenoxy) is 1. The zero-order valence-electron chi connectivity index (χ0n) is 18.0. The lowest BCUT2D eigenvalue weighted by molar-refractivity contribution is -0.138. The van der Waals surface area contributed by atoms with Crippen LogP contribution in [0.5, 0.6) is 0 Å². The molecule has 0 aliphatic carbocycles. The standard InChI is InChI=1S/C21H38N2O4/c1-20(2,3)16-14-23(12-9-17(16)24)18(25)13-15-7-10-22(11-8-15)19(26)27-21(4,5)6/h15-17,24H,7-14H2,1-6H3. The van der Waals surface area contributed by atoms with E-state index in [9.17, 15) is 14.7 Å². The van der Waals surface area contributed by atoms with Crippen molar-refractivity contribution in [3.63, 3.8) is 0 Å². The van der Waals surface area contributed by atoms with Crippen LogP contribution < -0.4 is 0 Å². The van der Waals surface area contributed by atoms with Gasteiger partial charge in [0.25, 0.3) is 0 Å². The Morgan fingerprint density at radius 2 is 1.52 bits per heavy atom. The third-order valence-electron chi connectivity index (χ3n) is 5.77. The van der Waals surface area contributed by atoms with Crippen LogP contribution in [0, 0.1) is 17.3 Å². The van der Waals surface area contributed by atoms with Crippen LogP contribution in [0.15, 0.2) is 0 Å². The van der Waals surface area contributed by atoms with Crippen molar-refractivity contribution >= 4 is 12.0 Å². The molecule has 2 heterocycles. The van der Waals surface area contributed by atoms with Crippen molar-refractivity contribution in [2.45, 2.75) is 78.9 Å². The Morgan fingerprint density at radius 1 is 0.963 bits per heavy atom. The van der Waals surface area contributed by atoms with E-state index in [1.54, 1.807) is 4.90 Å². The van der Waals surface area contributed by atoms with Gasteiger partial charge in [-0.15, -0.1) is 0 Å². The number of hydrogen-bond donors (Lipinski definition) is 1. The first kappa shape index (κ1) is 22.0. The molecule has 2 amide bonds. The molecule has 156 valence electrons. The summed E-state index contributed by atoms with van der Waals surface area (Å²) < 4.78 is 5.43. The molecule has 2 fully saturated rings. The normalized spacial score (nSPS) is 25.4. The van der Waals surface area contributed by atoms with E-state index in [1.165, 1.54) is 0 Å². The molecular weight excluding hydrogens is 344 g/mol. The fraction of sp³-hybridized carbons (Fsp3) is 0.905. The number of hydrogen-bond acceptors (Lipinski definition) is 4. The van der Waals surface area contributed by atoms with Crippen molar-refractivity contribution in [2.75, 3.05) is 26.2 Å². The Hall–Kier alpha value is -1.30. The van der Waals surface area contributed by atoms with E-state index in [-0.39, 0.29) is 29.4 Å². The summed E-state index contributed by atoms with van der Waals surface area (Å²) in [5.41, 5.74) is -0.497. The quantitative estimate of drug-likeness (QED) is 0.796. The lowest BCUT2D eigenvalue weighted by Crippen LogP contribution is -2.50. The molecule has 0 aromatic heterocycles. The van der Waals surface area contributed by atoms with E-state index < -0.39 is 5.60 Å². The van der Waals surface area contributed by atoms with Crippen LogP contribution in [0.1, 0.15) is 67.2 Å². The van der Waals surface area contributed by atoms with Crippen molar-refractivity contribution in [2.24, 2.45) is 17.3 Å². The number of piperidine rings is 2. The minimum Gasteiger partial charge on any atom is -0.444 e. The maximum atomic E-state index is 12.8. The van der Waals surface area contributed by atoms with E-state index in [0.717, 1.165) is 12.8 Å². The number of amides is 2. The van der Waals surface area contributed by atoms with Gasteiger partial charge in [0, 0.05) is 38.5 Å². The van der Waals surface area contributed by atoms with E-state index in [4.69, 9.17) is 4.74 Å². The Kier molecular flexibility index (Phi) is 6.82. The minimum absolute atomic E-state index is 0.0167. The average molecular weight is 383 g/mol. The molecule has 1 N–H and O–H groups in total.